The summed E-state index contributed by atoms with van der Waals surface area (Å²) >= 11 is 0. The molecule has 1 aromatic carbocycles. The number of aliphatic imine (C=N–C) groups is 1. The molecule has 0 saturated carbocycles. The van der Waals surface area contributed by atoms with E-state index in [1.54, 1.807) is 7.05 Å². The fourth-order valence-corrected chi connectivity index (χ4v) is 3.86. The summed E-state index contributed by atoms with van der Waals surface area (Å²) in [6.45, 7) is 2.83. The zero-order valence-corrected chi connectivity index (χ0v) is 16.4. The van der Waals surface area contributed by atoms with E-state index in [0.717, 1.165) is 51.3 Å². The van der Waals surface area contributed by atoms with Crippen molar-refractivity contribution in [1.82, 2.24) is 20.5 Å². The Morgan fingerprint density at radius 3 is 2.81 bits per heavy atom. The third kappa shape index (κ3) is 5.02. The smallest absolute Gasteiger partial charge is 0.220 e. The molecule has 3 N–H and O–H groups in total. The minimum atomic E-state index is 0.147. The predicted octanol–water partition coefficient (Wildman–Crippen LogP) is 2.52. The lowest BCUT2D eigenvalue weighted by Crippen LogP contribution is -2.46. The molecule has 1 aliphatic rings. The number of piperidine rings is 1. The van der Waals surface area contributed by atoms with Crippen LogP contribution in [0.4, 0.5) is 0 Å². The highest BCUT2D eigenvalue weighted by Crippen LogP contribution is 2.21. The van der Waals surface area contributed by atoms with Crippen LogP contribution in [0.2, 0.25) is 0 Å². The normalized spacial score (nSPS) is 15.9. The number of amides is 1. The maximum Gasteiger partial charge on any atom is 0.220 e. The van der Waals surface area contributed by atoms with Crippen molar-refractivity contribution in [1.29, 1.82) is 0 Å². The van der Waals surface area contributed by atoms with Gasteiger partial charge in [-0.25, -0.2) is 0 Å². The molecule has 2 aromatic rings. The minimum Gasteiger partial charge on any atom is -0.361 e. The van der Waals surface area contributed by atoms with Gasteiger partial charge in [-0.2, -0.15) is 0 Å². The first-order valence-corrected chi connectivity index (χ1v) is 9.92. The van der Waals surface area contributed by atoms with Crippen LogP contribution in [-0.4, -0.2) is 55.5 Å². The van der Waals surface area contributed by atoms with Crippen LogP contribution in [0.15, 0.2) is 35.5 Å². The number of aryl methyl sites for hydroxylation is 1. The number of nitrogens with one attached hydrogen (secondary N) is 3. The zero-order valence-electron chi connectivity index (χ0n) is 16.4. The van der Waals surface area contributed by atoms with Crippen LogP contribution >= 0.6 is 0 Å². The van der Waals surface area contributed by atoms with E-state index < -0.39 is 0 Å². The molecule has 0 aliphatic carbocycles. The molecule has 0 spiro atoms. The lowest BCUT2D eigenvalue weighted by Gasteiger charge is -2.34. The Labute approximate surface area is 161 Å². The number of para-hydroxylation sites is 1. The van der Waals surface area contributed by atoms with Crippen molar-refractivity contribution in [2.45, 2.75) is 32.1 Å². The van der Waals surface area contributed by atoms with Crippen LogP contribution in [0.1, 0.15) is 31.2 Å². The highest BCUT2D eigenvalue weighted by molar-refractivity contribution is 5.83. The Kier molecular flexibility index (Phi) is 6.74. The van der Waals surface area contributed by atoms with Gasteiger partial charge in [0.1, 0.15) is 0 Å². The van der Waals surface area contributed by atoms with Gasteiger partial charge in [-0.1, -0.05) is 18.2 Å². The fourth-order valence-electron chi connectivity index (χ4n) is 3.86. The average Bonchev–Trinajstić information content (AvgIpc) is 3.12. The molecule has 1 amide bonds. The number of guanidine groups is 1. The number of H-pyrrole nitrogens is 1. The summed E-state index contributed by atoms with van der Waals surface area (Å²) in [5.74, 6) is 1.61. The van der Waals surface area contributed by atoms with Gasteiger partial charge in [0.2, 0.25) is 5.91 Å². The largest absolute Gasteiger partial charge is 0.361 e. The first-order valence-electron chi connectivity index (χ1n) is 9.92. The average molecular weight is 370 g/mol. The number of hydrogen-bond donors (Lipinski definition) is 3. The molecule has 6 heteroatoms. The number of rotatable bonds is 6. The summed E-state index contributed by atoms with van der Waals surface area (Å²) in [5.41, 5.74) is 2.58. The van der Waals surface area contributed by atoms with Crippen LogP contribution in [0.3, 0.4) is 0 Å². The Balaban J connectivity index is 1.41. The van der Waals surface area contributed by atoms with Gasteiger partial charge in [0.05, 0.1) is 0 Å². The number of carbonyl (C=O) groups excluding carboxylic acids is 1. The topological polar surface area (TPSA) is 72.5 Å². The third-order valence-corrected chi connectivity index (χ3v) is 5.46. The summed E-state index contributed by atoms with van der Waals surface area (Å²) in [7, 11) is 3.55. The van der Waals surface area contributed by atoms with Gasteiger partial charge in [-0.05, 0) is 43.2 Å². The standard InChI is InChI=1S/C21H31N5O/c1-22-20(27)14-16-9-12-26(13-10-16)21(23-2)24-11-5-6-17-15-25-19-8-4-3-7-18(17)19/h3-4,7-8,15-16,25H,5-6,9-14H2,1-2H3,(H,22,27)(H,23,24). The molecule has 3 rings (SSSR count). The highest BCUT2D eigenvalue weighted by atomic mass is 16.1. The molecule has 146 valence electrons. The van der Waals surface area contributed by atoms with E-state index in [1.165, 1.54) is 16.5 Å². The second-order valence-electron chi connectivity index (χ2n) is 7.24. The van der Waals surface area contributed by atoms with Gasteiger partial charge in [0.25, 0.3) is 0 Å². The first-order chi connectivity index (χ1) is 13.2. The SMILES string of the molecule is CN=C(NCCCc1c[nH]c2ccccc12)N1CCC(CC(=O)NC)CC1. The second-order valence-corrected chi connectivity index (χ2v) is 7.24. The van der Waals surface area contributed by atoms with Gasteiger partial charge in [0, 0.05) is 57.3 Å². The number of carbonyl (C=O) groups is 1. The van der Waals surface area contributed by atoms with E-state index >= 15 is 0 Å². The van der Waals surface area contributed by atoms with Gasteiger partial charge >= 0.3 is 0 Å². The number of aromatic nitrogens is 1. The molecule has 0 radical (unpaired) electrons. The van der Waals surface area contributed by atoms with Crippen molar-refractivity contribution in [2.24, 2.45) is 10.9 Å². The van der Waals surface area contributed by atoms with E-state index in [2.05, 4.69) is 56.0 Å². The van der Waals surface area contributed by atoms with Crippen molar-refractivity contribution in [3.8, 4) is 0 Å². The molecule has 1 aliphatic heterocycles. The highest BCUT2D eigenvalue weighted by Gasteiger charge is 2.22. The molecule has 0 unspecified atom stereocenters. The van der Waals surface area contributed by atoms with Gasteiger partial charge < -0.3 is 20.5 Å². The Hall–Kier alpha value is -2.50. The molecule has 27 heavy (non-hydrogen) atoms. The summed E-state index contributed by atoms with van der Waals surface area (Å²) in [6.07, 6.45) is 6.96. The van der Waals surface area contributed by atoms with E-state index in [-0.39, 0.29) is 5.91 Å². The van der Waals surface area contributed by atoms with Gasteiger partial charge in [-0.3, -0.25) is 9.79 Å². The van der Waals surface area contributed by atoms with E-state index in [0.29, 0.717) is 12.3 Å². The van der Waals surface area contributed by atoms with E-state index in [1.807, 2.05) is 7.05 Å². The minimum absolute atomic E-state index is 0.147. The maximum atomic E-state index is 11.5. The molecule has 1 saturated heterocycles. The number of likely N-dealkylation sites (tertiary alicyclic amines) is 1. The lowest BCUT2D eigenvalue weighted by atomic mass is 9.93. The fraction of sp³-hybridized carbons (Fsp3) is 0.524. The second kappa shape index (κ2) is 9.44. The molecule has 0 bridgehead atoms. The number of aromatic amines is 1. The molecule has 2 heterocycles. The number of fused-ring (bicyclic) bond motifs is 1. The Morgan fingerprint density at radius 1 is 1.30 bits per heavy atom. The number of benzene rings is 1. The molecule has 1 fully saturated rings. The number of hydrogen-bond acceptors (Lipinski definition) is 2. The zero-order chi connectivity index (χ0) is 19.1. The molecule has 1 aromatic heterocycles. The van der Waals surface area contributed by atoms with Gasteiger partial charge in [-0.15, -0.1) is 0 Å². The lowest BCUT2D eigenvalue weighted by molar-refractivity contribution is -0.121. The predicted molar refractivity (Wildman–Crippen MR) is 111 cm³/mol. The van der Waals surface area contributed by atoms with Crippen molar-refractivity contribution >= 4 is 22.8 Å². The monoisotopic (exact) mass is 369 g/mol. The van der Waals surface area contributed by atoms with Crippen LogP contribution in [0.5, 0.6) is 0 Å². The van der Waals surface area contributed by atoms with E-state index in [4.69, 9.17) is 0 Å². The quantitative estimate of drug-likeness (QED) is 0.416. The van der Waals surface area contributed by atoms with Crippen LogP contribution < -0.4 is 10.6 Å². The van der Waals surface area contributed by atoms with Crippen molar-refractivity contribution in [2.75, 3.05) is 33.7 Å². The van der Waals surface area contributed by atoms with Crippen molar-refractivity contribution < 1.29 is 4.79 Å². The number of nitrogens with zero attached hydrogens (tertiary/aromatic N) is 2. The molecule has 0 atom stereocenters. The van der Waals surface area contributed by atoms with Crippen LogP contribution in [0, 0.1) is 5.92 Å². The summed E-state index contributed by atoms with van der Waals surface area (Å²) in [5, 5.41) is 7.55. The van der Waals surface area contributed by atoms with E-state index in [9.17, 15) is 4.79 Å². The molecular weight excluding hydrogens is 338 g/mol. The van der Waals surface area contributed by atoms with Crippen molar-refractivity contribution in [3.63, 3.8) is 0 Å². The first kappa shape index (κ1) is 19.3. The third-order valence-electron chi connectivity index (χ3n) is 5.46. The summed E-state index contributed by atoms with van der Waals surface area (Å²) < 4.78 is 0. The molecular formula is C21H31N5O. The van der Waals surface area contributed by atoms with Crippen LogP contribution in [-0.2, 0) is 11.2 Å². The van der Waals surface area contributed by atoms with Crippen LogP contribution in [0.25, 0.3) is 10.9 Å². The van der Waals surface area contributed by atoms with Crippen molar-refractivity contribution in [3.05, 3.63) is 36.0 Å². The maximum absolute atomic E-state index is 11.5. The Morgan fingerprint density at radius 2 is 2.07 bits per heavy atom. The summed E-state index contributed by atoms with van der Waals surface area (Å²) in [6, 6.07) is 8.45. The van der Waals surface area contributed by atoms with Gasteiger partial charge in [0.15, 0.2) is 5.96 Å². The molecule has 6 nitrogen and oxygen atoms in total. The summed E-state index contributed by atoms with van der Waals surface area (Å²) in [4.78, 5) is 21.6. The Bertz CT molecular complexity index is 774.